The summed E-state index contributed by atoms with van der Waals surface area (Å²) in [5.74, 6) is 0. The molecule has 0 unspecified atom stereocenters. The molecule has 0 atom stereocenters. The molecule has 0 nitrogen and oxygen atoms in total. The van der Waals surface area contributed by atoms with Crippen LogP contribution >= 0.6 is 0 Å². The summed E-state index contributed by atoms with van der Waals surface area (Å²) in [6, 6.07) is 26.0. The third kappa shape index (κ3) is 8.93. The Balaban J connectivity index is 0. The second-order valence-corrected chi connectivity index (χ2v) is 7.73. The van der Waals surface area contributed by atoms with Gasteiger partial charge in [0, 0.05) is 9.52 Å². The van der Waals surface area contributed by atoms with Gasteiger partial charge in [-0.05, 0) is 0 Å². The summed E-state index contributed by atoms with van der Waals surface area (Å²) in [7, 11) is 0.750. The Morgan fingerprint density at radius 3 is 1.59 bits per heavy atom. The van der Waals surface area contributed by atoms with Crippen molar-refractivity contribution in [1.29, 1.82) is 0 Å². The second-order valence-electron chi connectivity index (χ2n) is 6.57. The van der Waals surface area contributed by atoms with E-state index in [1.54, 1.807) is 0 Å². The van der Waals surface area contributed by atoms with Crippen LogP contribution in [0.25, 0.3) is 21.5 Å². The second kappa shape index (κ2) is 17.1. The summed E-state index contributed by atoms with van der Waals surface area (Å²) in [4.78, 5) is 0. The quantitative estimate of drug-likeness (QED) is 0.281. The first-order chi connectivity index (χ1) is 12.7. The van der Waals surface area contributed by atoms with Crippen LogP contribution in [0.15, 0.2) is 72.8 Å². The number of hydrogen-bond acceptors (Lipinski definition) is 0. The van der Waals surface area contributed by atoms with Crippen LogP contribution in [0, 0.1) is 0 Å². The van der Waals surface area contributed by atoms with Gasteiger partial charge in [-0.1, -0.05) is 58.3 Å². The molecule has 29 heavy (non-hydrogen) atoms. The molecule has 0 saturated heterocycles. The normalized spacial score (nSPS) is 9.10. The molecule has 0 spiro atoms. The minimum Gasteiger partial charge on any atom is -1.00 e. The van der Waals surface area contributed by atoms with Crippen molar-refractivity contribution in [2.75, 3.05) is 0 Å². The van der Waals surface area contributed by atoms with Crippen molar-refractivity contribution in [3.05, 3.63) is 83.9 Å². The average molecular weight is 522 g/mol. The predicted molar refractivity (Wildman–Crippen MR) is 121 cm³/mol. The van der Waals surface area contributed by atoms with Crippen molar-refractivity contribution in [1.82, 2.24) is 0 Å². The van der Waals surface area contributed by atoms with E-state index in [9.17, 15) is 0 Å². The number of aryl methyl sites for hydroxylation is 2. The Labute approximate surface area is 211 Å². The van der Waals surface area contributed by atoms with Gasteiger partial charge in [-0.2, -0.15) is 11.1 Å². The van der Waals surface area contributed by atoms with Crippen LogP contribution in [0.2, 0.25) is 13.1 Å². The van der Waals surface area contributed by atoms with E-state index in [4.69, 9.17) is 0 Å². The first-order valence-electron chi connectivity index (χ1n) is 9.75. The molecule has 4 aromatic rings. The zero-order chi connectivity index (χ0) is 18.8. The van der Waals surface area contributed by atoms with Gasteiger partial charge in [-0.15, -0.1) is 82.2 Å². The Hall–Kier alpha value is -0.660. The van der Waals surface area contributed by atoms with E-state index in [2.05, 4.69) is 99.7 Å². The molecular formula is C25H31Cl2SiZr. The Kier molecular flexibility index (Phi) is 18.0. The van der Waals surface area contributed by atoms with Crippen molar-refractivity contribution in [3.63, 3.8) is 0 Å². The maximum Gasteiger partial charge on any atom is 4.00 e. The Morgan fingerprint density at radius 1 is 0.724 bits per heavy atom. The number of hydrogen-bond donors (Lipinski definition) is 0. The topological polar surface area (TPSA) is 0 Å². The van der Waals surface area contributed by atoms with Crippen molar-refractivity contribution in [2.45, 2.75) is 46.2 Å². The van der Waals surface area contributed by atoms with Crippen LogP contribution in [-0.2, 0) is 39.0 Å². The zero-order valence-corrected chi connectivity index (χ0v) is 23.0. The molecule has 4 heteroatoms. The number of halogens is 2. The van der Waals surface area contributed by atoms with E-state index in [1.807, 2.05) is 0 Å². The van der Waals surface area contributed by atoms with E-state index in [0.29, 0.717) is 0 Å². The van der Waals surface area contributed by atoms with Crippen LogP contribution in [0.4, 0.5) is 0 Å². The van der Waals surface area contributed by atoms with Gasteiger partial charge >= 0.3 is 26.2 Å². The van der Waals surface area contributed by atoms with Gasteiger partial charge < -0.3 is 24.8 Å². The van der Waals surface area contributed by atoms with Gasteiger partial charge in [0.1, 0.15) is 0 Å². The van der Waals surface area contributed by atoms with Gasteiger partial charge in [0.15, 0.2) is 0 Å². The van der Waals surface area contributed by atoms with E-state index in [0.717, 1.165) is 15.9 Å². The molecule has 0 saturated carbocycles. The van der Waals surface area contributed by atoms with E-state index in [1.165, 1.54) is 45.5 Å². The molecule has 0 heterocycles. The predicted octanol–water partition coefficient (Wildman–Crippen LogP) is 1.16. The van der Waals surface area contributed by atoms with Crippen molar-refractivity contribution < 1.29 is 51.0 Å². The molecule has 0 aliphatic heterocycles. The molecule has 0 bridgehead atoms. The van der Waals surface area contributed by atoms with E-state index in [-0.39, 0.29) is 51.0 Å². The van der Waals surface area contributed by atoms with Gasteiger partial charge in [0.05, 0.1) is 0 Å². The zero-order valence-electron chi connectivity index (χ0n) is 17.9. The molecule has 0 aromatic heterocycles. The summed E-state index contributed by atoms with van der Waals surface area (Å²) < 4.78 is 0. The molecule has 0 aliphatic carbocycles. The first-order valence-corrected chi connectivity index (χ1v) is 12.1. The number of rotatable bonds is 3. The maximum atomic E-state index is 2.24. The van der Waals surface area contributed by atoms with Crippen LogP contribution in [-0.4, -0.2) is 9.52 Å². The fourth-order valence-electron chi connectivity index (χ4n) is 3.23. The summed E-state index contributed by atoms with van der Waals surface area (Å²) in [6.45, 7) is 8.84. The first kappa shape index (κ1) is 30.5. The molecular weight excluding hydrogens is 490 g/mol. The van der Waals surface area contributed by atoms with Gasteiger partial charge in [0.2, 0.25) is 0 Å². The molecule has 1 radical (unpaired) electrons. The monoisotopic (exact) mass is 519 g/mol. The summed E-state index contributed by atoms with van der Waals surface area (Å²) in [6.07, 6.45) is 3.56. The molecule has 4 aromatic carbocycles. The fourth-order valence-corrected chi connectivity index (χ4v) is 3.23. The van der Waals surface area contributed by atoms with Gasteiger partial charge in [0.25, 0.3) is 0 Å². The Bertz CT molecular complexity index is 911. The van der Waals surface area contributed by atoms with E-state index >= 15 is 0 Å². The third-order valence-corrected chi connectivity index (χ3v) is 4.44. The van der Waals surface area contributed by atoms with Crippen LogP contribution in [0.1, 0.15) is 31.4 Å². The van der Waals surface area contributed by atoms with Gasteiger partial charge in [-0.3, -0.25) is 0 Å². The maximum absolute atomic E-state index is 2.24. The van der Waals surface area contributed by atoms with Gasteiger partial charge in [-0.25, -0.2) is 0 Å². The van der Waals surface area contributed by atoms with Crippen LogP contribution in [0.5, 0.6) is 0 Å². The molecule has 0 amide bonds. The summed E-state index contributed by atoms with van der Waals surface area (Å²) in [5, 5.41) is 5.58. The van der Waals surface area contributed by atoms with E-state index < -0.39 is 0 Å². The van der Waals surface area contributed by atoms with Crippen molar-refractivity contribution >= 4 is 31.1 Å². The fraction of sp³-hybridized carbons (Fsp3) is 0.280. The number of benzene rings is 2. The smallest absolute Gasteiger partial charge is 1.00 e. The summed E-state index contributed by atoms with van der Waals surface area (Å²) in [5.41, 5.74) is 2.95. The molecule has 4 rings (SSSR count). The minimum absolute atomic E-state index is 0. The minimum atomic E-state index is 0. The third-order valence-electron chi connectivity index (χ3n) is 4.44. The molecule has 153 valence electrons. The molecule has 0 aliphatic rings. The SMILES string of the molecule is CCCc1c[cH-]c2ccccc12.CCc1c[cH-]c2ccccc12.C[SiH]C.[Cl-].[Cl-].[Zr+4]. The Morgan fingerprint density at radius 2 is 1.14 bits per heavy atom. The van der Waals surface area contributed by atoms with Crippen LogP contribution in [0.3, 0.4) is 0 Å². The van der Waals surface area contributed by atoms with Crippen molar-refractivity contribution in [3.8, 4) is 0 Å². The largest absolute Gasteiger partial charge is 4.00 e. The number of fused-ring (bicyclic) bond motifs is 2. The van der Waals surface area contributed by atoms with Crippen molar-refractivity contribution in [2.24, 2.45) is 0 Å². The van der Waals surface area contributed by atoms with Crippen LogP contribution < -0.4 is 24.8 Å². The molecule has 0 N–H and O–H groups in total. The average Bonchev–Trinajstić information content (AvgIpc) is 3.28. The standard InChI is InChI=1S/C12H13.C11H11.C2H7Si.2ClH.Zr/c1-2-5-10-8-9-11-6-3-4-7-12(10)11;1-2-9-7-8-10-5-3-4-6-11(9)10;1-3-2;;;/h3-4,6-9H,2,5H2,1H3;3-8H,2H2,1H3;3H,1-2H3;2*1H;/q2*-1;;;;+4/p-2. The summed E-state index contributed by atoms with van der Waals surface area (Å²) >= 11 is 0. The molecule has 0 fully saturated rings.